The van der Waals surface area contributed by atoms with Crippen LogP contribution in [0, 0.1) is 0 Å². The average molecular weight is 270 g/mol. The van der Waals surface area contributed by atoms with Crippen molar-refractivity contribution in [2.24, 2.45) is 0 Å². The highest BCUT2D eigenvalue weighted by Crippen LogP contribution is 2.13. The van der Waals surface area contributed by atoms with Gasteiger partial charge in [0.05, 0.1) is 29.3 Å². The summed E-state index contributed by atoms with van der Waals surface area (Å²) in [5.41, 5.74) is 1.16. The average Bonchev–Trinajstić information content (AvgIpc) is 2.91. The largest absolute Gasteiger partial charge is 0.478 e. The molecule has 0 aliphatic rings. The molecule has 0 bridgehead atoms. The van der Waals surface area contributed by atoms with Gasteiger partial charge in [0, 0.05) is 0 Å². The van der Waals surface area contributed by atoms with E-state index in [1.54, 1.807) is 12.1 Å². The lowest BCUT2D eigenvalue weighted by Gasteiger charge is -2.07. The second-order valence-electron chi connectivity index (χ2n) is 4.28. The van der Waals surface area contributed by atoms with E-state index in [-0.39, 0.29) is 17.7 Å². The Bertz CT molecular complexity index is 848. The summed E-state index contributed by atoms with van der Waals surface area (Å²) in [6, 6.07) is 8.63. The molecule has 0 aliphatic heterocycles. The highest BCUT2D eigenvalue weighted by atomic mass is 16.4. The van der Waals surface area contributed by atoms with E-state index in [1.807, 2.05) is 12.1 Å². The van der Waals surface area contributed by atoms with E-state index >= 15 is 0 Å². The third-order valence-corrected chi connectivity index (χ3v) is 2.97. The number of nitrogens with zero attached hydrogens (tertiary/aromatic N) is 2. The summed E-state index contributed by atoms with van der Waals surface area (Å²) in [7, 11) is 0. The first-order chi connectivity index (χ1) is 9.65. The van der Waals surface area contributed by atoms with Gasteiger partial charge in [-0.25, -0.2) is 9.78 Å². The van der Waals surface area contributed by atoms with Crippen molar-refractivity contribution in [3.63, 3.8) is 0 Å². The SMILES string of the molecule is O=C(O)c1coc(Cn2c(=O)cnc3ccccc32)c1. The highest BCUT2D eigenvalue weighted by molar-refractivity contribution is 5.87. The Hall–Kier alpha value is -2.89. The second-order valence-corrected chi connectivity index (χ2v) is 4.28. The fourth-order valence-corrected chi connectivity index (χ4v) is 2.01. The van der Waals surface area contributed by atoms with Crippen LogP contribution in [0.15, 0.2) is 52.0 Å². The number of aromatic carboxylic acids is 1. The number of carboxylic acids is 1. The van der Waals surface area contributed by atoms with Crippen LogP contribution in [0.3, 0.4) is 0 Å². The third-order valence-electron chi connectivity index (χ3n) is 2.97. The number of para-hydroxylation sites is 2. The maximum absolute atomic E-state index is 11.9. The smallest absolute Gasteiger partial charge is 0.338 e. The molecule has 0 aliphatic carbocycles. The number of aromatic nitrogens is 2. The van der Waals surface area contributed by atoms with Crippen molar-refractivity contribution in [1.82, 2.24) is 9.55 Å². The van der Waals surface area contributed by atoms with Gasteiger partial charge in [-0.1, -0.05) is 12.1 Å². The summed E-state index contributed by atoms with van der Waals surface area (Å²) in [6.45, 7) is 0.162. The van der Waals surface area contributed by atoms with Gasteiger partial charge in [-0.2, -0.15) is 0 Å². The molecule has 0 fully saturated rings. The predicted octanol–water partition coefficient (Wildman–Crippen LogP) is 1.74. The minimum Gasteiger partial charge on any atom is -0.478 e. The van der Waals surface area contributed by atoms with Crippen molar-refractivity contribution in [2.75, 3.05) is 0 Å². The number of rotatable bonds is 3. The van der Waals surface area contributed by atoms with E-state index in [0.717, 1.165) is 6.26 Å². The first kappa shape index (κ1) is 12.2. The monoisotopic (exact) mass is 270 g/mol. The summed E-state index contributed by atoms with van der Waals surface area (Å²) >= 11 is 0. The van der Waals surface area contributed by atoms with Crippen LogP contribution >= 0.6 is 0 Å². The number of carbonyl (C=O) groups is 1. The molecule has 1 aromatic carbocycles. The number of fused-ring (bicyclic) bond motifs is 1. The molecule has 3 rings (SSSR count). The van der Waals surface area contributed by atoms with Crippen LogP contribution in [0.4, 0.5) is 0 Å². The van der Waals surface area contributed by atoms with Crippen LogP contribution in [-0.4, -0.2) is 20.6 Å². The maximum atomic E-state index is 11.9. The molecule has 3 aromatic rings. The quantitative estimate of drug-likeness (QED) is 0.783. The van der Waals surface area contributed by atoms with Crippen LogP contribution in [0.25, 0.3) is 11.0 Å². The van der Waals surface area contributed by atoms with E-state index in [9.17, 15) is 9.59 Å². The fraction of sp³-hybridized carbons (Fsp3) is 0.0714. The van der Waals surface area contributed by atoms with Crippen molar-refractivity contribution in [1.29, 1.82) is 0 Å². The Kier molecular flexibility index (Phi) is 2.83. The minimum absolute atomic E-state index is 0.0615. The normalized spacial score (nSPS) is 10.8. The zero-order chi connectivity index (χ0) is 14.1. The minimum atomic E-state index is -1.06. The van der Waals surface area contributed by atoms with E-state index in [4.69, 9.17) is 9.52 Å². The van der Waals surface area contributed by atoms with Crippen molar-refractivity contribution in [2.45, 2.75) is 6.54 Å². The van der Waals surface area contributed by atoms with Crippen molar-refractivity contribution in [3.05, 3.63) is 64.5 Å². The zero-order valence-electron chi connectivity index (χ0n) is 10.3. The van der Waals surface area contributed by atoms with Gasteiger partial charge in [-0.15, -0.1) is 0 Å². The van der Waals surface area contributed by atoms with E-state index < -0.39 is 5.97 Å². The molecule has 6 heteroatoms. The van der Waals surface area contributed by atoms with E-state index in [0.29, 0.717) is 16.8 Å². The Balaban J connectivity index is 2.07. The lowest BCUT2D eigenvalue weighted by Crippen LogP contribution is -2.20. The van der Waals surface area contributed by atoms with Crippen LogP contribution in [0.2, 0.25) is 0 Å². The van der Waals surface area contributed by atoms with E-state index in [1.165, 1.54) is 16.8 Å². The van der Waals surface area contributed by atoms with Gasteiger partial charge >= 0.3 is 5.97 Å². The first-order valence-electron chi connectivity index (χ1n) is 5.90. The molecule has 2 heterocycles. The molecule has 100 valence electrons. The lowest BCUT2D eigenvalue weighted by molar-refractivity contribution is 0.0696. The second kappa shape index (κ2) is 4.65. The predicted molar refractivity (Wildman–Crippen MR) is 70.8 cm³/mol. The van der Waals surface area contributed by atoms with Gasteiger partial charge < -0.3 is 9.52 Å². The zero-order valence-corrected chi connectivity index (χ0v) is 10.3. The van der Waals surface area contributed by atoms with Gasteiger partial charge in [-0.3, -0.25) is 9.36 Å². The van der Waals surface area contributed by atoms with E-state index in [2.05, 4.69) is 4.98 Å². The highest BCUT2D eigenvalue weighted by Gasteiger charge is 2.11. The van der Waals surface area contributed by atoms with Crippen molar-refractivity contribution < 1.29 is 14.3 Å². The first-order valence-corrected chi connectivity index (χ1v) is 5.90. The molecule has 2 aromatic heterocycles. The molecule has 0 unspecified atom stereocenters. The van der Waals surface area contributed by atoms with Gasteiger partial charge in [0.25, 0.3) is 5.56 Å². The van der Waals surface area contributed by atoms with Gasteiger partial charge in [0.1, 0.15) is 12.0 Å². The number of carboxylic acid groups (broad SMARTS) is 1. The Morgan fingerprint density at radius 1 is 1.35 bits per heavy atom. The third kappa shape index (κ3) is 2.07. The molecule has 0 radical (unpaired) electrons. The van der Waals surface area contributed by atoms with Crippen LogP contribution in [0.5, 0.6) is 0 Å². The summed E-state index contributed by atoms with van der Waals surface area (Å²) in [5.74, 6) is -0.659. The number of hydrogen-bond donors (Lipinski definition) is 1. The molecule has 0 saturated carbocycles. The van der Waals surface area contributed by atoms with Crippen LogP contribution in [0.1, 0.15) is 16.1 Å². The number of furan rings is 1. The molecule has 6 nitrogen and oxygen atoms in total. The van der Waals surface area contributed by atoms with Crippen molar-refractivity contribution >= 4 is 17.0 Å². The van der Waals surface area contributed by atoms with Gasteiger partial charge in [-0.05, 0) is 18.2 Å². The number of hydrogen-bond acceptors (Lipinski definition) is 4. The van der Waals surface area contributed by atoms with Gasteiger partial charge in [0.15, 0.2) is 0 Å². The number of benzene rings is 1. The van der Waals surface area contributed by atoms with Crippen molar-refractivity contribution in [3.8, 4) is 0 Å². The Morgan fingerprint density at radius 2 is 2.15 bits per heavy atom. The summed E-state index contributed by atoms with van der Waals surface area (Å²) in [5, 5.41) is 8.85. The van der Waals surface area contributed by atoms with Crippen LogP contribution < -0.4 is 5.56 Å². The summed E-state index contributed by atoms with van der Waals surface area (Å²) in [6.07, 6.45) is 2.40. The lowest BCUT2D eigenvalue weighted by atomic mass is 10.2. The summed E-state index contributed by atoms with van der Waals surface area (Å²) < 4.78 is 6.67. The summed E-state index contributed by atoms with van der Waals surface area (Å²) in [4.78, 5) is 26.8. The Labute approximate surface area is 112 Å². The molecular weight excluding hydrogens is 260 g/mol. The van der Waals surface area contributed by atoms with Gasteiger partial charge in [0.2, 0.25) is 0 Å². The fourth-order valence-electron chi connectivity index (χ4n) is 2.01. The standard InChI is InChI=1S/C14H10N2O4/c17-13-6-15-11-3-1-2-4-12(11)16(13)7-10-5-9(8-20-10)14(18)19/h1-6,8H,7H2,(H,18,19). The molecule has 0 saturated heterocycles. The Morgan fingerprint density at radius 3 is 2.90 bits per heavy atom. The molecule has 0 amide bonds. The molecule has 1 N–H and O–H groups in total. The molecular formula is C14H10N2O4. The van der Waals surface area contributed by atoms with Crippen LogP contribution in [-0.2, 0) is 6.54 Å². The molecule has 0 spiro atoms. The molecule has 0 atom stereocenters. The molecule has 20 heavy (non-hydrogen) atoms. The topological polar surface area (TPSA) is 85.3 Å². The maximum Gasteiger partial charge on any atom is 0.338 e.